The van der Waals surface area contributed by atoms with Crippen LogP contribution in [0.3, 0.4) is 0 Å². The SMILES string of the molecule is CCOc1ccc(Br)cc1-c1nc(N)sc1C. The van der Waals surface area contributed by atoms with E-state index in [9.17, 15) is 0 Å². The van der Waals surface area contributed by atoms with Gasteiger partial charge in [0.25, 0.3) is 0 Å². The lowest BCUT2D eigenvalue weighted by molar-refractivity contribution is 0.341. The van der Waals surface area contributed by atoms with Crippen LogP contribution in [0.15, 0.2) is 22.7 Å². The fourth-order valence-electron chi connectivity index (χ4n) is 1.64. The number of benzene rings is 1. The number of halogens is 1. The molecule has 0 aliphatic rings. The highest BCUT2D eigenvalue weighted by atomic mass is 79.9. The molecule has 1 heterocycles. The molecule has 0 aliphatic heterocycles. The van der Waals surface area contributed by atoms with Gasteiger partial charge in [-0.2, -0.15) is 0 Å². The molecule has 0 atom stereocenters. The van der Waals surface area contributed by atoms with E-state index in [4.69, 9.17) is 10.5 Å². The first-order valence-corrected chi connectivity index (χ1v) is 6.88. The van der Waals surface area contributed by atoms with Crippen LogP contribution in [0.2, 0.25) is 0 Å². The van der Waals surface area contributed by atoms with Crippen molar-refractivity contribution in [1.82, 2.24) is 4.98 Å². The molecule has 0 fully saturated rings. The van der Waals surface area contributed by atoms with Gasteiger partial charge < -0.3 is 10.5 Å². The molecule has 1 aromatic carbocycles. The molecule has 0 aliphatic carbocycles. The lowest BCUT2D eigenvalue weighted by atomic mass is 10.1. The summed E-state index contributed by atoms with van der Waals surface area (Å²) in [6.07, 6.45) is 0. The summed E-state index contributed by atoms with van der Waals surface area (Å²) in [7, 11) is 0. The van der Waals surface area contributed by atoms with E-state index >= 15 is 0 Å². The van der Waals surface area contributed by atoms with Gasteiger partial charge in [-0.3, -0.25) is 0 Å². The third kappa shape index (κ3) is 2.61. The van der Waals surface area contributed by atoms with E-state index in [0.717, 1.165) is 26.4 Å². The van der Waals surface area contributed by atoms with Crippen LogP contribution in [-0.2, 0) is 0 Å². The number of nitrogens with zero attached hydrogens (tertiary/aromatic N) is 1. The van der Waals surface area contributed by atoms with Gasteiger partial charge in [0.1, 0.15) is 5.75 Å². The fourth-order valence-corrected chi connectivity index (χ4v) is 2.70. The molecular weight excluding hydrogens is 300 g/mol. The molecule has 0 saturated carbocycles. The number of aryl methyl sites for hydroxylation is 1. The topological polar surface area (TPSA) is 48.1 Å². The second-order valence-corrected chi connectivity index (χ2v) is 5.68. The standard InChI is InChI=1S/C12H13BrN2OS/c1-3-16-10-5-4-8(13)6-9(10)11-7(2)17-12(14)15-11/h4-6H,3H2,1-2H3,(H2,14,15). The Labute approximate surface area is 113 Å². The third-order valence-corrected chi connectivity index (χ3v) is 3.60. The molecule has 0 amide bonds. The summed E-state index contributed by atoms with van der Waals surface area (Å²) in [5.41, 5.74) is 7.61. The maximum absolute atomic E-state index is 5.73. The van der Waals surface area contributed by atoms with Crippen molar-refractivity contribution in [2.45, 2.75) is 13.8 Å². The first-order valence-electron chi connectivity index (χ1n) is 5.27. The Morgan fingerprint density at radius 1 is 1.47 bits per heavy atom. The van der Waals surface area contributed by atoms with Crippen molar-refractivity contribution in [2.75, 3.05) is 12.3 Å². The lowest BCUT2D eigenvalue weighted by Crippen LogP contribution is -1.95. The lowest BCUT2D eigenvalue weighted by Gasteiger charge is -2.09. The number of aromatic nitrogens is 1. The Bertz CT molecular complexity index is 539. The van der Waals surface area contributed by atoms with Crippen molar-refractivity contribution in [2.24, 2.45) is 0 Å². The van der Waals surface area contributed by atoms with Gasteiger partial charge in [-0.25, -0.2) is 4.98 Å². The number of hydrogen-bond donors (Lipinski definition) is 1. The van der Waals surface area contributed by atoms with Crippen molar-refractivity contribution in [1.29, 1.82) is 0 Å². The molecule has 0 saturated heterocycles. The molecule has 2 rings (SSSR count). The van der Waals surface area contributed by atoms with Crippen LogP contribution >= 0.6 is 27.3 Å². The van der Waals surface area contributed by atoms with E-state index in [1.54, 1.807) is 0 Å². The zero-order chi connectivity index (χ0) is 12.4. The van der Waals surface area contributed by atoms with E-state index < -0.39 is 0 Å². The molecule has 2 aromatic rings. The summed E-state index contributed by atoms with van der Waals surface area (Å²) in [6, 6.07) is 5.91. The zero-order valence-electron chi connectivity index (χ0n) is 9.66. The molecule has 17 heavy (non-hydrogen) atoms. The monoisotopic (exact) mass is 312 g/mol. The van der Waals surface area contributed by atoms with Gasteiger partial charge in [0.15, 0.2) is 5.13 Å². The van der Waals surface area contributed by atoms with Gasteiger partial charge in [-0.15, -0.1) is 11.3 Å². The Balaban J connectivity index is 2.56. The average Bonchev–Trinajstić information content (AvgIpc) is 2.61. The van der Waals surface area contributed by atoms with Crippen molar-refractivity contribution < 1.29 is 4.74 Å². The summed E-state index contributed by atoms with van der Waals surface area (Å²) >= 11 is 4.96. The minimum absolute atomic E-state index is 0.583. The fraction of sp³-hybridized carbons (Fsp3) is 0.250. The van der Waals surface area contributed by atoms with Gasteiger partial charge in [-0.1, -0.05) is 15.9 Å². The average molecular weight is 313 g/mol. The van der Waals surface area contributed by atoms with Gasteiger partial charge in [0.2, 0.25) is 0 Å². The van der Waals surface area contributed by atoms with Crippen LogP contribution in [0.25, 0.3) is 11.3 Å². The zero-order valence-corrected chi connectivity index (χ0v) is 12.1. The Morgan fingerprint density at radius 2 is 2.24 bits per heavy atom. The third-order valence-electron chi connectivity index (χ3n) is 2.31. The first-order chi connectivity index (χ1) is 8.11. The number of rotatable bonds is 3. The summed E-state index contributed by atoms with van der Waals surface area (Å²) in [5, 5.41) is 0.583. The van der Waals surface area contributed by atoms with Gasteiger partial charge in [-0.05, 0) is 32.0 Å². The maximum Gasteiger partial charge on any atom is 0.180 e. The Morgan fingerprint density at radius 3 is 2.82 bits per heavy atom. The molecule has 0 unspecified atom stereocenters. The van der Waals surface area contributed by atoms with Gasteiger partial charge in [0, 0.05) is 14.9 Å². The summed E-state index contributed by atoms with van der Waals surface area (Å²) < 4.78 is 6.62. The minimum atomic E-state index is 0.583. The number of nitrogen functional groups attached to an aromatic ring is 1. The number of ether oxygens (including phenoxy) is 1. The molecule has 0 bridgehead atoms. The van der Waals surface area contributed by atoms with Crippen molar-refractivity contribution in [3.63, 3.8) is 0 Å². The summed E-state index contributed by atoms with van der Waals surface area (Å²) in [4.78, 5) is 5.46. The highest BCUT2D eigenvalue weighted by Gasteiger charge is 2.13. The molecule has 3 nitrogen and oxygen atoms in total. The van der Waals surface area contributed by atoms with E-state index in [2.05, 4.69) is 20.9 Å². The summed E-state index contributed by atoms with van der Waals surface area (Å²) in [6.45, 7) is 4.61. The summed E-state index contributed by atoms with van der Waals surface area (Å²) in [5.74, 6) is 0.837. The smallest absolute Gasteiger partial charge is 0.180 e. The molecule has 90 valence electrons. The second-order valence-electron chi connectivity index (χ2n) is 3.53. The molecule has 0 radical (unpaired) electrons. The normalized spacial score (nSPS) is 10.5. The molecule has 5 heteroatoms. The van der Waals surface area contributed by atoms with Crippen molar-refractivity contribution >= 4 is 32.4 Å². The molecule has 2 N–H and O–H groups in total. The van der Waals surface area contributed by atoms with E-state index in [0.29, 0.717) is 11.7 Å². The van der Waals surface area contributed by atoms with E-state index in [1.807, 2.05) is 32.0 Å². The number of thiazole rings is 1. The largest absolute Gasteiger partial charge is 0.493 e. The van der Waals surface area contributed by atoms with Crippen LogP contribution in [0.1, 0.15) is 11.8 Å². The van der Waals surface area contributed by atoms with E-state index in [-0.39, 0.29) is 0 Å². The molecule has 0 spiro atoms. The predicted octanol–water partition coefficient (Wildman–Crippen LogP) is 3.86. The highest BCUT2D eigenvalue weighted by molar-refractivity contribution is 9.10. The maximum atomic E-state index is 5.73. The molecule has 1 aromatic heterocycles. The second kappa shape index (κ2) is 5.06. The Hall–Kier alpha value is -1.07. The van der Waals surface area contributed by atoms with Crippen molar-refractivity contribution in [3.8, 4) is 17.0 Å². The van der Waals surface area contributed by atoms with Crippen LogP contribution in [0, 0.1) is 6.92 Å². The van der Waals surface area contributed by atoms with Crippen LogP contribution in [0.5, 0.6) is 5.75 Å². The Kier molecular flexibility index (Phi) is 3.69. The van der Waals surface area contributed by atoms with Crippen molar-refractivity contribution in [3.05, 3.63) is 27.5 Å². The number of hydrogen-bond acceptors (Lipinski definition) is 4. The van der Waals surface area contributed by atoms with Crippen LogP contribution < -0.4 is 10.5 Å². The number of nitrogens with two attached hydrogens (primary N) is 1. The van der Waals surface area contributed by atoms with Crippen LogP contribution in [-0.4, -0.2) is 11.6 Å². The van der Waals surface area contributed by atoms with Crippen LogP contribution in [0.4, 0.5) is 5.13 Å². The number of anilines is 1. The van der Waals surface area contributed by atoms with E-state index in [1.165, 1.54) is 11.3 Å². The minimum Gasteiger partial charge on any atom is -0.493 e. The quantitative estimate of drug-likeness (QED) is 0.936. The molecular formula is C12H13BrN2OS. The first kappa shape index (κ1) is 12.4. The van der Waals surface area contributed by atoms with Gasteiger partial charge in [0.05, 0.1) is 12.3 Å². The predicted molar refractivity (Wildman–Crippen MR) is 75.6 cm³/mol. The van der Waals surface area contributed by atoms with Gasteiger partial charge >= 0.3 is 0 Å². The highest BCUT2D eigenvalue weighted by Crippen LogP contribution is 2.36.